The summed E-state index contributed by atoms with van der Waals surface area (Å²) in [6.45, 7) is -0.156. The van der Waals surface area contributed by atoms with Crippen molar-refractivity contribution in [3.05, 3.63) is 84.2 Å². The van der Waals surface area contributed by atoms with Crippen LogP contribution in [0.2, 0.25) is 0 Å². The molecule has 1 atom stereocenters. The van der Waals surface area contributed by atoms with Gasteiger partial charge in [-0.1, -0.05) is 6.07 Å². The van der Waals surface area contributed by atoms with Gasteiger partial charge in [0.05, 0.1) is 36.9 Å². The van der Waals surface area contributed by atoms with Crippen LogP contribution in [0, 0.1) is 0 Å². The number of methoxy groups -OCH3 is 2. The number of sulfonamides is 1. The molecule has 40 heavy (non-hydrogen) atoms. The van der Waals surface area contributed by atoms with Gasteiger partial charge in [0, 0.05) is 31.5 Å². The monoisotopic (exact) mass is 567 g/mol. The topological polar surface area (TPSA) is 147 Å². The van der Waals surface area contributed by atoms with Crippen molar-refractivity contribution in [1.82, 2.24) is 19.5 Å². The number of urea groups is 1. The fourth-order valence-corrected chi connectivity index (χ4v) is 5.71. The number of carbonyl (C=O) groups excluding carboxylic acids is 3. The lowest BCUT2D eigenvalue weighted by molar-refractivity contribution is -0.126. The molecule has 210 valence electrons. The Kier molecular flexibility index (Phi) is 8.97. The second-order valence-electron chi connectivity index (χ2n) is 8.79. The second kappa shape index (κ2) is 12.6. The summed E-state index contributed by atoms with van der Waals surface area (Å²) >= 11 is 0. The van der Waals surface area contributed by atoms with Gasteiger partial charge >= 0.3 is 12.0 Å². The molecule has 2 N–H and O–H groups in total. The first-order valence-electron chi connectivity index (χ1n) is 12.3. The number of aromatic nitrogens is 1. The molecule has 4 rings (SSSR count). The predicted molar refractivity (Wildman–Crippen MR) is 145 cm³/mol. The zero-order valence-electron chi connectivity index (χ0n) is 21.9. The average Bonchev–Trinajstić information content (AvgIpc) is 3.00. The van der Waals surface area contributed by atoms with E-state index in [1.165, 1.54) is 55.5 Å². The molecule has 0 aliphatic carbocycles. The number of benzene rings is 2. The van der Waals surface area contributed by atoms with Crippen molar-refractivity contribution in [3.8, 4) is 5.75 Å². The quantitative estimate of drug-likeness (QED) is 0.394. The number of rotatable bonds is 8. The number of esters is 1. The number of nitrogens with zero attached hydrogens (tertiary/aromatic N) is 3. The molecule has 3 aromatic rings. The lowest BCUT2D eigenvalue weighted by Crippen LogP contribution is -2.61. The van der Waals surface area contributed by atoms with Gasteiger partial charge in [-0.05, 0) is 60.7 Å². The molecule has 2 aromatic carbocycles. The van der Waals surface area contributed by atoms with Crippen molar-refractivity contribution in [3.63, 3.8) is 0 Å². The fraction of sp³-hybridized carbons (Fsp3) is 0.259. The molecular weight excluding hydrogens is 538 g/mol. The maximum atomic E-state index is 13.6. The predicted octanol–water partition coefficient (Wildman–Crippen LogP) is 2.10. The highest BCUT2D eigenvalue weighted by molar-refractivity contribution is 7.89. The molecule has 0 radical (unpaired) electrons. The van der Waals surface area contributed by atoms with Gasteiger partial charge in [-0.3, -0.25) is 9.78 Å². The Balaban J connectivity index is 1.53. The van der Waals surface area contributed by atoms with Crippen LogP contribution in [-0.2, 0) is 26.1 Å². The molecule has 0 bridgehead atoms. The minimum Gasteiger partial charge on any atom is -0.497 e. The van der Waals surface area contributed by atoms with Gasteiger partial charge < -0.3 is 25.0 Å². The summed E-state index contributed by atoms with van der Waals surface area (Å²) in [6, 6.07) is 15.5. The Morgan fingerprint density at radius 2 is 1.70 bits per heavy atom. The Bertz CT molecular complexity index is 1450. The molecule has 1 saturated heterocycles. The normalized spacial score (nSPS) is 15.7. The van der Waals surface area contributed by atoms with Crippen molar-refractivity contribution >= 4 is 33.6 Å². The average molecular weight is 568 g/mol. The number of carbonyl (C=O) groups is 3. The molecule has 1 aromatic heterocycles. The van der Waals surface area contributed by atoms with Crippen LogP contribution < -0.4 is 15.4 Å². The van der Waals surface area contributed by atoms with E-state index in [0.717, 1.165) is 4.31 Å². The molecule has 3 amide bonds. The van der Waals surface area contributed by atoms with E-state index < -0.39 is 34.0 Å². The minimum atomic E-state index is -4.09. The SMILES string of the molecule is COC(=O)c1ccc(NC(=O)N2CCN(S(=O)(=O)c3ccc(OC)cc3)C(C(=O)NCc3ccccn3)C2)cc1. The molecule has 1 unspecified atom stereocenters. The zero-order chi connectivity index (χ0) is 28.7. The van der Waals surface area contributed by atoms with Gasteiger partial charge in [0.25, 0.3) is 0 Å². The highest BCUT2D eigenvalue weighted by Gasteiger charge is 2.41. The summed E-state index contributed by atoms with van der Waals surface area (Å²) in [5, 5.41) is 5.46. The fourth-order valence-electron chi connectivity index (χ4n) is 4.14. The summed E-state index contributed by atoms with van der Waals surface area (Å²) in [7, 11) is -1.34. The van der Waals surface area contributed by atoms with Gasteiger partial charge in [0.15, 0.2) is 0 Å². The minimum absolute atomic E-state index is 0.000534. The van der Waals surface area contributed by atoms with Crippen LogP contribution in [0.4, 0.5) is 10.5 Å². The lowest BCUT2D eigenvalue weighted by Gasteiger charge is -2.39. The zero-order valence-corrected chi connectivity index (χ0v) is 22.8. The van der Waals surface area contributed by atoms with Gasteiger partial charge in [0.2, 0.25) is 15.9 Å². The molecule has 0 saturated carbocycles. The van der Waals surface area contributed by atoms with Crippen LogP contribution in [0.25, 0.3) is 0 Å². The summed E-state index contributed by atoms with van der Waals surface area (Å²) in [6.07, 6.45) is 1.59. The molecular formula is C27H29N5O7S. The van der Waals surface area contributed by atoms with Crippen molar-refractivity contribution in [1.29, 1.82) is 0 Å². The molecule has 13 heteroatoms. The van der Waals surface area contributed by atoms with Gasteiger partial charge in [0.1, 0.15) is 11.8 Å². The molecule has 2 heterocycles. The van der Waals surface area contributed by atoms with Crippen molar-refractivity contribution in [2.75, 3.05) is 39.2 Å². The van der Waals surface area contributed by atoms with E-state index in [0.29, 0.717) is 22.7 Å². The molecule has 1 aliphatic rings. The number of hydrogen-bond acceptors (Lipinski definition) is 8. The van der Waals surface area contributed by atoms with Crippen LogP contribution in [0.5, 0.6) is 5.75 Å². The first-order valence-corrected chi connectivity index (χ1v) is 13.7. The number of pyridine rings is 1. The van der Waals surface area contributed by atoms with Gasteiger partial charge in [-0.2, -0.15) is 4.31 Å². The number of piperazine rings is 1. The van der Waals surface area contributed by atoms with Gasteiger partial charge in [-0.25, -0.2) is 18.0 Å². The summed E-state index contributed by atoms with van der Waals surface area (Å²) in [5.41, 5.74) is 1.34. The number of anilines is 1. The van der Waals surface area contributed by atoms with E-state index >= 15 is 0 Å². The van der Waals surface area contributed by atoms with Crippen LogP contribution >= 0.6 is 0 Å². The van der Waals surface area contributed by atoms with E-state index in [1.807, 2.05) is 0 Å². The number of ether oxygens (including phenoxy) is 2. The Hall–Kier alpha value is -4.49. The van der Waals surface area contributed by atoms with Crippen molar-refractivity contribution in [2.45, 2.75) is 17.5 Å². The summed E-state index contributed by atoms with van der Waals surface area (Å²) < 4.78 is 38.1. The first kappa shape index (κ1) is 28.5. The van der Waals surface area contributed by atoms with Crippen LogP contribution in [0.3, 0.4) is 0 Å². The molecule has 1 fully saturated rings. The third kappa shape index (κ3) is 6.55. The molecule has 1 aliphatic heterocycles. The van der Waals surface area contributed by atoms with E-state index in [1.54, 1.807) is 36.5 Å². The van der Waals surface area contributed by atoms with Crippen LogP contribution in [-0.4, -0.2) is 80.4 Å². The summed E-state index contributed by atoms with van der Waals surface area (Å²) in [4.78, 5) is 43.7. The first-order chi connectivity index (χ1) is 19.2. The number of nitrogens with one attached hydrogen (secondary N) is 2. The standard InChI is InChI=1S/C27H29N5O7S/c1-38-22-10-12-23(13-11-22)40(36,37)32-16-15-31(18-24(32)25(33)29-17-21-5-3-4-14-28-21)27(35)30-20-8-6-19(7-9-20)26(34)39-2/h3-14,24H,15-18H2,1-2H3,(H,29,33)(H,30,35). The summed E-state index contributed by atoms with van der Waals surface area (Å²) in [5.74, 6) is -0.584. The van der Waals surface area contributed by atoms with Crippen molar-refractivity contribution < 1.29 is 32.3 Å². The largest absolute Gasteiger partial charge is 0.497 e. The third-order valence-corrected chi connectivity index (χ3v) is 8.24. The second-order valence-corrected chi connectivity index (χ2v) is 10.7. The van der Waals surface area contributed by atoms with E-state index in [-0.39, 0.29) is 31.1 Å². The number of hydrogen-bond donors (Lipinski definition) is 2. The van der Waals surface area contributed by atoms with E-state index in [4.69, 9.17) is 4.74 Å². The maximum absolute atomic E-state index is 13.6. The lowest BCUT2D eigenvalue weighted by atomic mass is 10.2. The van der Waals surface area contributed by atoms with Gasteiger partial charge in [-0.15, -0.1) is 0 Å². The maximum Gasteiger partial charge on any atom is 0.337 e. The van der Waals surface area contributed by atoms with Crippen LogP contribution in [0.15, 0.2) is 77.8 Å². The third-order valence-electron chi connectivity index (χ3n) is 6.31. The smallest absolute Gasteiger partial charge is 0.337 e. The Morgan fingerprint density at radius 1 is 0.975 bits per heavy atom. The molecule has 0 spiro atoms. The number of amides is 3. The molecule has 12 nitrogen and oxygen atoms in total. The Morgan fingerprint density at radius 3 is 2.33 bits per heavy atom. The van der Waals surface area contributed by atoms with E-state index in [9.17, 15) is 22.8 Å². The van der Waals surface area contributed by atoms with Crippen molar-refractivity contribution in [2.24, 2.45) is 0 Å². The Labute approximate surface area is 232 Å². The highest BCUT2D eigenvalue weighted by Crippen LogP contribution is 2.24. The highest BCUT2D eigenvalue weighted by atomic mass is 32.2. The van der Waals surface area contributed by atoms with E-state index in [2.05, 4.69) is 20.4 Å². The van der Waals surface area contributed by atoms with Crippen LogP contribution in [0.1, 0.15) is 16.1 Å².